The number of ether oxygens (including phenoxy) is 2. The fraction of sp³-hybridized carbons (Fsp3) is 0.537. The van der Waals surface area contributed by atoms with Crippen LogP contribution >= 0.6 is 23.1 Å². The van der Waals surface area contributed by atoms with Crippen molar-refractivity contribution in [3.8, 4) is 16.2 Å². The summed E-state index contributed by atoms with van der Waals surface area (Å²) in [6.45, 7) is 10.6. The Bertz CT molecular complexity index is 1900. The molecule has 1 aromatic heterocycles. The largest absolute Gasteiger partial charge is 0.495 e. The molecule has 6 rings (SSSR count). The van der Waals surface area contributed by atoms with E-state index >= 15 is 0 Å². The molecule has 3 heterocycles. The normalized spacial score (nSPS) is 18.6. The summed E-state index contributed by atoms with van der Waals surface area (Å²) in [7, 11) is 1.52. The number of likely N-dealkylation sites (tertiary alicyclic amines) is 1. The van der Waals surface area contributed by atoms with Crippen LogP contribution in [0.5, 0.6) is 5.75 Å². The first-order valence-electron chi connectivity index (χ1n) is 19.5. The number of anilines is 1. The SMILES string of the molecule is COc1cc(C(=O)N2CCN(CCOCCSC(C)(C)[C@H](NC(=O)C3(F)CC3)C(=O)N3CCC[C@H]3C(=O)NCc3ccc(-c4scnc4C)cc3)CC2)ccc1N. The number of hydrogen-bond donors (Lipinski definition) is 3. The highest BCUT2D eigenvalue weighted by Crippen LogP contribution is 2.41. The van der Waals surface area contributed by atoms with E-state index in [-0.39, 0.29) is 30.6 Å². The summed E-state index contributed by atoms with van der Waals surface area (Å²) < 4.78 is 25.3. The van der Waals surface area contributed by atoms with E-state index in [1.807, 2.05) is 55.4 Å². The smallest absolute Gasteiger partial charge is 0.258 e. The van der Waals surface area contributed by atoms with Crippen LogP contribution in [0.1, 0.15) is 61.1 Å². The number of nitrogens with one attached hydrogen (secondary N) is 2. The Balaban J connectivity index is 0.967. The first-order chi connectivity index (χ1) is 27.3. The van der Waals surface area contributed by atoms with Gasteiger partial charge in [0.1, 0.15) is 17.8 Å². The van der Waals surface area contributed by atoms with Crippen molar-refractivity contribution in [2.75, 3.05) is 71.1 Å². The number of nitrogen functional groups attached to an aromatic ring is 1. The van der Waals surface area contributed by atoms with Crippen LogP contribution in [0.3, 0.4) is 0 Å². The van der Waals surface area contributed by atoms with Gasteiger partial charge in [-0.1, -0.05) is 24.3 Å². The highest BCUT2D eigenvalue weighted by Gasteiger charge is 2.53. The monoisotopic (exact) mass is 823 g/mol. The van der Waals surface area contributed by atoms with E-state index in [2.05, 4.69) is 20.5 Å². The number of hydrogen-bond acceptors (Lipinski definition) is 11. The second kappa shape index (κ2) is 18.6. The number of piperazine rings is 1. The van der Waals surface area contributed by atoms with Crippen LogP contribution in [0.25, 0.3) is 10.4 Å². The fourth-order valence-corrected chi connectivity index (χ4v) is 9.07. The molecule has 0 spiro atoms. The molecule has 2 saturated heterocycles. The summed E-state index contributed by atoms with van der Waals surface area (Å²) >= 11 is 3.05. The number of carbonyl (C=O) groups excluding carboxylic acids is 4. The Morgan fingerprint density at radius 3 is 2.47 bits per heavy atom. The Morgan fingerprint density at radius 2 is 1.81 bits per heavy atom. The van der Waals surface area contributed by atoms with Crippen molar-refractivity contribution < 1.29 is 33.0 Å². The van der Waals surface area contributed by atoms with Crippen molar-refractivity contribution in [2.45, 2.75) is 75.5 Å². The summed E-state index contributed by atoms with van der Waals surface area (Å²) in [5.41, 5.74) is 9.76. The molecule has 1 saturated carbocycles. The van der Waals surface area contributed by atoms with Crippen molar-refractivity contribution in [2.24, 2.45) is 0 Å². The molecule has 0 bridgehead atoms. The molecule has 3 aliphatic rings. The molecule has 3 fully saturated rings. The maximum Gasteiger partial charge on any atom is 0.258 e. The predicted molar refractivity (Wildman–Crippen MR) is 221 cm³/mol. The molecule has 2 aliphatic heterocycles. The van der Waals surface area contributed by atoms with Crippen LogP contribution in [0, 0.1) is 6.92 Å². The van der Waals surface area contributed by atoms with Gasteiger partial charge in [0.15, 0.2) is 5.67 Å². The molecule has 3 aromatic rings. The molecule has 57 heavy (non-hydrogen) atoms. The van der Waals surface area contributed by atoms with E-state index in [1.54, 1.807) is 34.4 Å². The van der Waals surface area contributed by atoms with Crippen molar-refractivity contribution in [1.82, 2.24) is 30.3 Å². The number of halogens is 1. The lowest BCUT2D eigenvalue weighted by Gasteiger charge is -2.37. The van der Waals surface area contributed by atoms with Crippen LogP contribution in [-0.4, -0.2) is 131 Å². The van der Waals surface area contributed by atoms with Crippen LogP contribution in [-0.2, 0) is 25.7 Å². The number of alkyl halides is 1. The van der Waals surface area contributed by atoms with E-state index in [4.69, 9.17) is 15.2 Å². The third-order valence-corrected chi connectivity index (χ3v) is 13.3. The van der Waals surface area contributed by atoms with E-state index < -0.39 is 28.4 Å². The van der Waals surface area contributed by atoms with Crippen molar-refractivity contribution in [1.29, 1.82) is 0 Å². The molecule has 16 heteroatoms. The molecule has 0 radical (unpaired) electrons. The number of amides is 4. The zero-order valence-electron chi connectivity index (χ0n) is 33.2. The Morgan fingerprint density at radius 1 is 1.07 bits per heavy atom. The average Bonchev–Trinajstić information content (AvgIpc) is 3.55. The molecule has 2 aromatic carbocycles. The van der Waals surface area contributed by atoms with Crippen LogP contribution in [0.2, 0.25) is 0 Å². The molecule has 13 nitrogen and oxygen atoms in total. The third-order valence-electron chi connectivity index (χ3n) is 11.0. The molecule has 1 aliphatic carbocycles. The first kappa shape index (κ1) is 42.4. The van der Waals surface area contributed by atoms with Crippen LogP contribution in [0.4, 0.5) is 10.1 Å². The zero-order chi connectivity index (χ0) is 40.7. The van der Waals surface area contributed by atoms with Gasteiger partial charge in [0.05, 0.1) is 42.1 Å². The van der Waals surface area contributed by atoms with Gasteiger partial charge in [0, 0.05) is 61.9 Å². The maximum absolute atomic E-state index is 14.9. The van der Waals surface area contributed by atoms with Gasteiger partial charge in [-0.15, -0.1) is 11.3 Å². The number of nitrogens with two attached hydrogens (primary N) is 1. The Kier molecular flexibility index (Phi) is 13.8. The highest BCUT2D eigenvalue weighted by molar-refractivity contribution is 8.00. The molecule has 2 atom stereocenters. The minimum atomic E-state index is -1.96. The van der Waals surface area contributed by atoms with Gasteiger partial charge in [-0.3, -0.25) is 24.1 Å². The summed E-state index contributed by atoms with van der Waals surface area (Å²) in [4.78, 5) is 64.9. The second-order valence-electron chi connectivity index (χ2n) is 15.4. The van der Waals surface area contributed by atoms with Crippen molar-refractivity contribution in [3.63, 3.8) is 0 Å². The molecule has 308 valence electrons. The molecule has 4 amide bonds. The number of aromatic nitrogens is 1. The van der Waals surface area contributed by atoms with E-state index in [0.717, 1.165) is 34.8 Å². The number of aryl methyl sites for hydroxylation is 1. The molecule has 4 N–H and O–H groups in total. The lowest BCUT2D eigenvalue weighted by atomic mass is 10.00. The minimum Gasteiger partial charge on any atom is -0.495 e. The summed E-state index contributed by atoms with van der Waals surface area (Å²) in [6.07, 6.45) is 1.40. The van der Waals surface area contributed by atoms with Crippen molar-refractivity contribution >= 4 is 52.4 Å². The minimum absolute atomic E-state index is 0.0561. The van der Waals surface area contributed by atoms with E-state index in [1.165, 1.54) is 18.9 Å². The number of benzene rings is 2. The van der Waals surface area contributed by atoms with Gasteiger partial charge in [0.2, 0.25) is 11.8 Å². The number of nitrogens with zero attached hydrogens (tertiary/aromatic N) is 4. The number of methoxy groups -OCH3 is 1. The van der Waals surface area contributed by atoms with E-state index in [0.29, 0.717) is 81.5 Å². The van der Waals surface area contributed by atoms with Gasteiger partial charge in [-0.2, -0.15) is 11.8 Å². The lowest BCUT2D eigenvalue weighted by molar-refractivity contribution is -0.143. The second-order valence-corrected chi connectivity index (χ2v) is 18.0. The molecular formula is C41H54FN7O6S2. The molecule has 0 unspecified atom stereocenters. The maximum atomic E-state index is 14.9. The zero-order valence-corrected chi connectivity index (χ0v) is 34.8. The predicted octanol–water partition coefficient (Wildman–Crippen LogP) is 4.29. The molecular weight excluding hydrogens is 770 g/mol. The summed E-state index contributed by atoms with van der Waals surface area (Å²) in [6, 6.07) is 11.3. The average molecular weight is 824 g/mol. The Hall–Kier alpha value is -4.25. The lowest BCUT2D eigenvalue weighted by Crippen LogP contribution is -2.61. The van der Waals surface area contributed by atoms with Crippen molar-refractivity contribution in [3.05, 3.63) is 64.8 Å². The quantitative estimate of drug-likeness (QED) is 0.133. The van der Waals surface area contributed by atoms with Crippen LogP contribution in [0.15, 0.2) is 48.0 Å². The van der Waals surface area contributed by atoms with Crippen LogP contribution < -0.4 is 21.1 Å². The van der Waals surface area contributed by atoms with Gasteiger partial charge in [-0.05, 0) is 75.8 Å². The topological polar surface area (TPSA) is 159 Å². The summed E-state index contributed by atoms with van der Waals surface area (Å²) in [5.74, 6) is -0.467. The number of rotatable bonds is 17. The number of thiazole rings is 1. The fourth-order valence-electron chi connectivity index (χ4n) is 7.20. The van der Waals surface area contributed by atoms with E-state index in [9.17, 15) is 23.6 Å². The first-order valence-corrected chi connectivity index (χ1v) is 21.4. The number of thioether (sulfide) groups is 1. The van der Waals surface area contributed by atoms with Gasteiger partial charge in [-0.25, -0.2) is 9.37 Å². The Labute approximate surface area is 342 Å². The number of carbonyl (C=O) groups is 4. The van der Waals surface area contributed by atoms with Gasteiger partial charge in [0.25, 0.3) is 11.8 Å². The summed E-state index contributed by atoms with van der Waals surface area (Å²) in [5, 5.41) is 5.75. The third kappa shape index (κ3) is 10.4. The standard InChI is InChI=1S/C41H54FN7O6S2/c1-27-34(56-26-45-27)29-9-7-28(8-10-29)25-44-36(50)32-6-5-15-49(32)38(52)35(46-39(53)41(42)13-14-41)40(2,3)57-23-22-55-21-20-47-16-18-48(19-17-47)37(51)30-11-12-31(43)33(24-30)54-4/h7-12,24,26,32,35H,5-6,13-23,25,43H2,1-4H3,(H,44,50)(H,46,53)/t32-,35+/m0/s1. The van der Waals surface area contributed by atoms with Gasteiger partial charge < -0.3 is 35.6 Å². The highest BCUT2D eigenvalue weighted by atomic mass is 32.2. The van der Waals surface area contributed by atoms with Gasteiger partial charge >= 0.3 is 0 Å².